The molecule has 1 heterocycles. The van der Waals surface area contributed by atoms with Gasteiger partial charge in [0, 0.05) is 12.6 Å². The SMILES string of the molecule is CCC(C)N1CN1CC(C)C. The van der Waals surface area contributed by atoms with Crippen LogP contribution in [0.4, 0.5) is 0 Å². The Morgan fingerprint density at radius 3 is 2.36 bits per heavy atom. The molecule has 2 heteroatoms. The van der Waals surface area contributed by atoms with Crippen molar-refractivity contribution in [3.05, 3.63) is 0 Å². The maximum atomic E-state index is 2.44. The van der Waals surface area contributed by atoms with E-state index in [0.29, 0.717) is 0 Å². The van der Waals surface area contributed by atoms with Crippen LogP contribution in [0.3, 0.4) is 0 Å². The van der Waals surface area contributed by atoms with Crippen LogP contribution in [0, 0.1) is 5.92 Å². The van der Waals surface area contributed by atoms with Crippen molar-refractivity contribution in [2.45, 2.75) is 40.2 Å². The molecule has 0 N–H and O–H groups in total. The molecule has 1 aliphatic heterocycles. The maximum absolute atomic E-state index is 2.44. The lowest BCUT2D eigenvalue weighted by atomic mass is 10.2. The number of hydrogen-bond donors (Lipinski definition) is 0. The van der Waals surface area contributed by atoms with Gasteiger partial charge in [0.1, 0.15) is 0 Å². The molecule has 0 amide bonds. The molecule has 0 aliphatic carbocycles. The number of hydrogen-bond acceptors (Lipinski definition) is 2. The van der Waals surface area contributed by atoms with Crippen LogP contribution in [0.1, 0.15) is 34.1 Å². The zero-order chi connectivity index (χ0) is 8.43. The van der Waals surface area contributed by atoms with Crippen LogP contribution >= 0.6 is 0 Å². The molecule has 1 rings (SSSR count). The van der Waals surface area contributed by atoms with Crippen molar-refractivity contribution in [2.75, 3.05) is 13.2 Å². The molecule has 66 valence electrons. The van der Waals surface area contributed by atoms with Gasteiger partial charge in [-0.05, 0) is 19.3 Å². The largest absolute Gasteiger partial charge is 0.224 e. The molecule has 0 aromatic heterocycles. The fourth-order valence-corrected chi connectivity index (χ4v) is 1.35. The van der Waals surface area contributed by atoms with Gasteiger partial charge in [-0.3, -0.25) is 0 Å². The lowest BCUT2D eigenvalue weighted by Gasteiger charge is -2.12. The first-order chi connectivity index (χ1) is 5.15. The summed E-state index contributed by atoms with van der Waals surface area (Å²) in [6, 6.07) is 0.744. The Balaban J connectivity index is 2.15. The molecule has 1 saturated heterocycles. The van der Waals surface area contributed by atoms with Gasteiger partial charge in [-0.15, -0.1) is 0 Å². The molecule has 0 aromatic rings. The van der Waals surface area contributed by atoms with Crippen LogP contribution in [0.25, 0.3) is 0 Å². The topological polar surface area (TPSA) is 6.02 Å². The summed E-state index contributed by atoms with van der Waals surface area (Å²) in [6.07, 6.45) is 1.26. The van der Waals surface area contributed by atoms with E-state index >= 15 is 0 Å². The summed E-state index contributed by atoms with van der Waals surface area (Å²) in [4.78, 5) is 0. The summed E-state index contributed by atoms with van der Waals surface area (Å²) >= 11 is 0. The standard InChI is InChI=1S/C9H20N2/c1-5-9(4)11-7-10(11)6-8(2)3/h8-9H,5-7H2,1-4H3. The smallest absolute Gasteiger partial charge is 0.0790 e. The van der Waals surface area contributed by atoms with Crippen molar-refractivity contribution in [1.82, 2.24) is 10.0 Å². The lowest BCUT2D eigenvalue weighted by Crippen LogP contribution is -2.20. The molecule has 0 saturated carbocycles. The van der Waals surface area contributed by atoms with E-state index in [2.05, 4.69) is 37.7 Å². The Labute approximate surface area is 70.1 Å². The molecular formula is C9H20N2. The average Bonchev–Trinajstić information content (AvgIpc) is 2.65. The van der Waals surface area contributed by atoms with Gasteiger partial charge in [0.2, 0.25) is 0 Å². The molecule has 1 fully saturated rings. The van der Waals surface area contributed by atoms with E-state index in [0.717, 1.165) is 12.0 Å². The zero-order valence-corrected chi connectivity index (χ0v) is 8.17. The molecule has 1 aliphatic rings. The fraction of sp³-hybridized carbons (Fsp3) is 1.00. The van der Waals surface area contributed by atoms with Gasteiger partial charge < -0.3 is 0 Å². The van der Waals surface area contributed by atoms with Gasteiger partial charge in [0.05, 0.1) is 6.67 Å². The van der Waals surface area contributed by atoms with E-state index in [9.17, 15) is 0 Å². The monoisotopic (exact) mass is 156 g/mol. The van der Waals surface area contributed by atoms with E-state index < -0.39 is 0 Å². The summed E-state index contributed by atoms with van der Waals surface area (Å²) in [6.45, 7) is 11.5. The molecule has 3 atom stereocenters. The first kappa shape index (κ1) is 9.01. The second kappa shape index (κ2) is 3.55. The van der Waals surface area contributed by atoms with Gasteiger partial charge in [0.25, 0.3) is 0 Å². The summed E-state index contributed by atoms with van der Waals surface area (Å²) in [5, 5.41) is 4.87. The highest BCUT2D eigenvalue weighted by atomic mass is 15.8. The Morgan fingerprint density at radius 1 is 1.27 bits per heavy atom. The van der Waals surface area contributed by atoms with Crippen LogP contribution in [0.5, 0.6) is 0 Å². The molecule has 11 heavy (non-hydrogen) atoms. The van der Waals surface area contributed by atoms with Gasteiger partial charge >= 0.3 is 0 Å². The van der Waals surface area contributed by atoms with Crippen molar-refractivity contribution >= 4 is 0 Å². The predicted molar refractivity (Wildman–Crippen MR) is 48.0 cm³/mol. The Bertz CT molecular complexity index is 123. The fourth-order valence-electron chi connectivity index (χ4n) is 1.35. The minimum absolute atomic E-state index is 0.744. The van der Waals surface area contributed by atoms with Crippen LogP contribution in [0.15, 0.2) is 0 Å². The zero-order valence-electron chi connectivity index (χ0n) is 8.17. The quantitative estimate of drug-likeness (QED) is 0.574. The minimum Gasteiger partial charge on any atom is -0.224 e. The summed E-state index contributed by atoms with van der Waals surface area (Å²) in [7, 11) is 0. The van der Waals surface area contributed by atoms with Crippen molar-refractivity contribution in [3.63, 3.8) is 0 Å². The molecule has 0 bridgehead atoms. The van der Waals surface area contributed by atoms with Crippen LogP contribution in [0.2, 0.25) is 0 Å². The van der Waals surface area contributed by atoms with Gasteiger partial charge in [-0.1, -0.05) is 20.8 Å². The first-order valence-electron chi connectivity index (χ1n) is 4.66. The van der Waals surface area contributed by atoms with Crippen LogP contribution < -0.4 is 0 Å². The lowest BCUT2D eigenvalue weighted by molar-refractivity contribution is 0.227. The first-order valence-corrected chi connectivity index (χ1v) is 4.66. The molecule has 0 aromatic carbocycles. The van der Waals surface area contributed by atoms with Crippen molar-refractivity contribution in [1.29, 1.82) is 0 Å². The summed E-state index contributed by atoms with van der Waals surface area (Å²) < 4.78 is 0. The molecule has 2 nitrogen and oxygen atoms in total. The number of nitrogens with zero attached hydrogens (tertiary/aromatic N) is 2. The van der Waals surface area contributed by atoms with Gasteiger partial charge in [-0.25, -0.2) is 10.0 Å². The second-order valence-electron chi connectivity index (χ2n) is 3.92. The molecule has 3 unspecified atom stereocenters. The van der Waals surface area contributed by atoms with Crippen LogP contribution in [-0.2, 0) is 0 Å². The highest BCUT2D eigenvalue weighted by molar-refractivity contribution is 4.75. The normalized spacial score (nSPS) is 32.5. The van der Waals surface area contributed by atoms with Crippen molar-refractivity contribution in [2.24, 2.45) is 5.92 Å². The van der Waals surface area contributed by atoms with E-state index in [1.165, 1.54) is 19.6 Å². The predicted octanol–water partition coefficient (Wildman–Crippen LogP) is 1.93. The van der Waals surface area contributed by atoms with E-state index in [1.807, 2.05) is 0 Å². The van der Waals surface area contributed by atoms with Gasteiger partial charge in [0.15, 0.2) is 0 Å². The Kier molecular flexibility index (Phi) is 2.90. The third kappa shape index (κ3) is 2.46. The third-order valence-electron chi connectivity index (χ3n) is 2.26. The van der Waals surface area contributed by atoms with Crippen molar-refractivity contribution in [3.8, 4) is 0 Å². The summed E-state index contributed by atoms with van der Waals surface area (Å²) in [5.74, 6) is 0.795. The molecular weight excluding hydrogens is 136 g/mol. The molecule has 0 spiro atoms. The minimum atomic E-state index is 0.744. The maximum Gasteiger partial charge on any atom is 0.0790 e. The van der Waals surface area contributed by atoms with E-state index in [-0.39, 0.29) is 0 Å². The number of hydrazine groups is 1. The Hall–Kier alpha value is -0.0800. The highest BCUT2D eigenvalue weighted by Gasteiger charge is 2.34. The second-order valence-corrected chi connectivity index (χ2v) is 3.92. The van der Waals surface area contributed by atoms with Crippen LogP contribution in [-0.4, -0.2) is 29.3 Å². The van der Waals surface area contributed by atoms with Crippen molar-refractivity contribution < 1.29 is 0 Å². The van der Waals surface area contributed by atoms with E-state index in [1.54, 1.807) is 0 Å². The van der Waals surface area contributed by atoms with Gasteiger partial charge in [-0.2, -0.15) is 0 Å². The third-order valence-corrected chi connectivity index (χ3v) is 2.26. The number of rotatable bonds is 4. The Morgan fingerprint density at radius 2 is 1.91 bits per heavy atom. The highest BCUT2D eigenvalue weighted by Crippen LogP contribution is 2.21. The van der Waals surface area contributed by atoms with E-state index in [4.69, 9.17) is 0 Å². The average molecular weight is 156 g/mol. The molecule has 0 radical (unpaired) electrons. The summed E-state index contributed by atoms with van der Waals surface area (Å²) in [5.41, 5.74) is 0.